The third-order valence-corrected chi connectivity index (χ3v) is 4.84. The molecule has 2 aliphatic rings. The summed E-state index contributed by atoms with van der Waals surface area (Å²) >= 11 is 0. The molecule has 0 aliphatic carbocycles. The van der Waals surface area contributed by atoms with Gasteiger partial charge in [0.05, 0.1) is 0 Å². The molecule has 16 heavy (non-hydrogen) atoms. The van der Waals surface area contributed by atoms with Crippen molar-refractivity contribution in [1.82, 2.24) is 4.90 Å². The fraction of sp³-hybridized carbons (Fsp3) is 1.00. The predicted molar refractivity (Wildman–Crippen MR) is 67.5 cm³/mol. The fourth-order valence-electron chi connectivity index (χ4n) is 3.49. The maximum absolute atomic E-state index is 5.62. The number of rotatable bonds is 2. The molecule has 4 atom stereocenters. The van der Waals surface area contributed by atoms with Gasteiger partial charge in [-0.05, 0) is 63.1 Å². The van der Waals surface area contributed by atoms with E-state index in [0.717, 1.165) is 36.9 Å². The first kappa shape index (κ1) is 12.4. The summed E-state index contributed by atoms with van der Waals surface area (Å²) < 4.78 is 5.62. The van der Waals surface area contributed by atoms with E-state index < -0.39 is 0 Å². The average Bonchev–Trinajstić information content (AvgIpc) is 2.56. The third kappa shape index (κ3) is 2.78. The lowest BCUT2D eigenvalue weighted by Gasteiger charge is -2.29. The van der Waals surface area contributed by atoms with E-state index in [4.69, 9.17) is 4.74 Å². The summed E-state index contributed by atoms with van der Waals surface area (Å²) in [6, 6.07) is 0. The zero-order valence-corrected chi connectivity index (χ0v) is 11.1. The molecule has 2 nitrogen and oxygen atoms in total. The van der Waals surface area contributed by atoms with Crippen LogP contribution in [0.5, 0.6) is 0 Å². The SMILES string of the molecule is C[C@@H](C1CCCN(C)CC1)C1COC[C@H]1C. The van der Waals surface area contributed by atoms with Gasteiger partial charge in [0.1, 0.15) is 0 Å². The van der Waals surface area contributed by atoms with Crippen LogP contribution in [-0.2, 0) is 4.74 Å². The van der Waals surface area contributed by atoms with Crippen molar-refractivity contribution in [3.63, 3.8) is 0 Å². The quantitative estimate of drug-likeness (QED) is 0.716. The molecule has 0 amide bonds. The second-order valence-electron chi connectivity index (χ2n) is 6.03. The van der Waals surface area contributed by atoms with E-state index in [1.54, 1.807) is 0 Å². The van der Waals surface area contributed by atoms with Gasteiger partial charge in [0, 0.05) is 13.2 Å². The molecule has 2 rings (SSSR count). The second-order valence-corrected chi connectivity index (χ2v) is 6.03. The Balaban J connectivity index is 1.90. The highest BCUT2D eigenvalue weighted by Crippen LogP contribution is 2.36. The zero-order valence-electron chi connectivity index (χ0n) is 11.1. The minimum absolute atomic E-state index is 0.774. The molecule has 0 aromatic rings. The first-order chi connectivity index (χ1) is 7.68. The topological polar surface area (TPSA) is 12.5 Å². The largest absolute Gasteiger partial charge is 0.381 e. The summed E-state index contributed by atoms with van der Waals surface area (Å²) in [5.74, 6) is 3.37. The van der Waals surface area contributed by atoms with E-state index in [0.29, 0.717) is 0 Å². The highest BCUT2D eigenvalue weighted by atomic mass is 16.5. The van der Waals surface area contributed by atoms with Gasteiger partial charge in [0.15, 0.2) is 0 Å². The van der Waals surface area contributed by atoms with Crippen molar-refractivity contribution in [3.8, 4) is 0 Å². The third-order valence-electron chi connectivity index (χ3n) is 4.84. The molecule has 2 aliphatic heterocycles. The Kier molecular flexibility index (Phi) is 4.26. The number of ether oxygens (including phenoxy) is 1. The van der Waals surface area contributed by atoms with Gasteiger partial charge in [-0.15, -0.1) is 0 Å². The summed E-state index contributed by atoms with van der Waals surface area (Å²) in [4.78, 5) is 2.49. The summed E-state index contributed by atoms with van der Waals surface area (Å²) in [6.45, 7) is 9.40. The smallest absolute Gasteiger partial charge is 0.0500 e. The Bertz CT molecular complexity index is 219. The van der Waals surface area contributed by atoms with Crippen LogP contribution in [-0.4, -0.2) is 38.3 Å². The van der Waals surface area contributed by atoms with E-state index in [2.05, 4.69) is 25.8 Å². The van der Waals surface area contributed by atoms with Gasteiger partial charge >= 0.3 is 0 Å². The summed E-state index contributed by atoms with van der Waals surface area (Å²) in [5.41, 5.74) is 0. The van der Waals surface area contributed by atoms with Crippen LogP contribution >= 0.6 is 0 Å². The van der Waals surface area contributed by atoms with E-state index in [-0.39, 0.29) is 0 Å². The average molecular weight is 225 g/mol. The fourth-order valence-corrected chi connectivity index (χ4v) is 3.49. The molecule has 0 saturated carbocycles. The molecule has 2 heterocycles. The maximum Gasteiger partial charge on any atom is 0.0500 e. The van der Waals surface area contributed by atoms with Crippen LogP contribution < -0.4 is 0 Å². The first-order valence-corrected chi connectivity index (χ1v) is 6.94. The molecule has 2 heteroatoms. The van der Waals surface area contributed by atoms with Gasteiger partial charge in [-0.3, -0.25) is 0 Å². The van der Waals surface area contributed by atoms with Crippen LogP contribution in [0.1, 0.15) is 33.1 Å². The molecule has 2 fully saturated rings. The first-order valence-electron chi connectivity index (χ1n) is 6.94. The molecule has 0 aromatic carbocycles. The van der Waals surface area contributed by atoms with Gasteiger partial charge in [-0.25, -0.2) is 0 Å². The summed E-state index contributed by atoms with van der Waals surface area (Å²) in [5, 5.41) is 0. The lowest BCUT2D eigenvalue weighted by molar-refractivity contribution is 0.153. The molecule has 2 unspecified atom stereocenters. The van der Waals surface area contributed by atoms with Gasteiger partial charge in [0.25, 0.3) is 0 Å². The van der Waals surface area contributed by atoms with Crippen molar-refractivity contribution in [2.45, 2.75) is 33.1 Å². The van der Waals surface area contributed by atoms with E-state index in [1.807, 2.05) is 0 Å². The lowest BCUT2D eigenvalue weighted by Crippen LogP contribution is -2.26. The summed E-state index contributed by atoms with van der Waals surface area (Å²) in [7, 11) is 2.26. The van der Waals surface area contributed by atoms with Gasteiger partial charge in [0.2, 0.25) is 0 Å². The number of hydrogen-bond donors (Lipinski definition) is 0. The van der Waals surface area contributed by atoms with Crippen molar-refractivity contribution in [3.05, 3.63) is 0 Å². The summed E-state index contributed by atoms with van der Waals surface area (Å²) in [6.07, 6.45) is 4.20. The monoisotopic (exact) mass is 225 g/mol. The van der Waals surface area contributed by atoms with Crippen molar-refractivity contribution in [2.24, 2.45) is 23.7 Å². The molecule has 0 radical (unpaired) electrons. The van der Waals surface area contributed by atoms with Gasteiger partial charge < -0.3 is 9.64 Å². The van der Waals surface area contributed by atoms with Gasteiger partial charge in [-0.1, -0.05) is 13.8 Å². The number of nitrogens with zero attached hydrogens (tertiary/aromatic N) is 1. The van der Waals surface area contributed by atoms with Gasteiger partial charge in [-0.2, -0.15) is 0 Å². The Labute approximate surface area is 100 Å². The van der Waals surface area contributed by atoms with Crippen LogP contribution in [0.4, 0.5) is 0 Å². The highest BCUT2D eigenvalue weighted by molar-refractivity contribution is 4.82. The predicted octanol–water partition coefficient (Wildman–Crippen LogP) is 2.64. The van der Waals surface area contributed by atoms with E-state index >= 15 is 0 Å². The van der Waals surface area contributed by atoms with E-state index in [9.17, 15) is 0 Å². The molecular weight excluding hydrogens is 198 g/mol. The minimum atomic E-state index is 0.774. The minimum Gasteiger partial charge on any atom is -0.381 e. The Morgan fingerprint density at radius 2 is 2.00 bits per heavy atom. The highest BCUT2D eigenvalue weighted by Gasteiger charge is 2.33. The molecular formula is C14H27NO. The Morgan fingerprint density at radius 3 is 2.69 bits per heavy atom. The lowest BCUT2D eigenvalue weighted by atomic mass is 9.75. The van der Waals surface area contributed by atoms with Crippen LogP contribution in [0.15, 0.2) is 0 Å². The molecule has 94 valence electrons. The molecule has 0 bridgehead atoms. The normalized spacial score (nSPS) is 39.6. The Morgan fingerprint density at radius 1 is 1.19 bits per heavy atom. The van der Waals surface area contributed by atoms with Crippen molar-refractivity contribution >= 4 is 0 Å². The standard InChI is InChI=1S/C14H27NO/c1-11-9-16-10-14(11)12(2)13-5-4-7-15(3)8-6-13/h11-14H,4-10H2,1-3H3/t11-,12+,13?,14?/m1/s1. The van der Waals surface area contributed by atoms with Crippen LogP contribution in [0.3, 0.4) is 0 Å². The number of likely N-dealkylation sites (tertiary alicyclic amines) is 1. The Hall–Kier alpha value is -0.0800. The maximum atomic E-state index is 5.62. The van der Waals surface area contributed by atoms with Crippen LogP contribution in [0, 0.1) is 23.7 Å². The second kappa shape index (κ2) is 5.50. The zero-order chi connectivity index (χ0) is 11.5. The molecule has 0 N–H and O–H groups in total. The van der Waals surface area contributed by atoms with Crippen molar-refractivity contribution in [2.75, 3.05) is 33.4 Å². The molecule has 2 saturated heterocycles. The van der Waals surface area contributed by atoms with Crippen LogP contribution in [0.2, 0.25) is 0 Å². The molecule has 0 aromatic heterocycles. The number of hydrogen-bond acceptors (Lipinski definition) is 2. The van der Waals surface area contributed by atoms with Crippen molar-refractivity contribution in [1.29, 1.82) is 0 Å². The van der Waals surface area contributed by atoms with E-state index in [1.165, 1.54) is 32.4 Å². The van der Waals surface area contributed by atoms with Crippen LogP contribution in [0.25, 0.3) is 0 Å². The molecule has 0 spiro atoms. The van der Waals surface area contributed by atoms with Crippen molar-refractivity contribution < 1.29 is 4.74 Å².